The van der Waals surface area contributed by atoms with E-state index in [1.54, 1.807) is 0 Å². The zero-order valence-electron chi connectivity index (χ0n) is 12.9. The zero-order chi connectivity index (χ0) is 15.2. The van der Waals surface area contributed by atoms with Crippen molar-refractivity contribution in [2.75, 3.05) is 19.0 Å². The van der Waals surface area contributed by atoms with Crippen molar-refractivity contribution in [1.82, 2.24) is 5.32 Å². The second-order valence-electron chi connectivity index (χ2n) is 5.67. The van der Waals surface area contributed by atoms with E-state index in [4.69, 9.17) is 0 Å². The highest BCUT2D eigenvalue weighted by Gasteiger charge is 2.04. The Morgan fingerprint density at radius 1 is 0.952 bits per heavy atom. The minimum Gasteiger partial charge on any atom is -0.378 e. The molecule has 0 aliphatic carbocycles. The first-order chi connectivity index (χ1) is 10.0. The standard InChI is InChI=1S/C18H23BrN2/c1-14(12-15-4-8-17(19)9-5-15)20-13-16-6-10-18(11-7-16)21(2)3/h4-11,14,20H,12-13H2,1-3H3. The molecule has 0 amide bonds. The van der Waals surface area contributed by atoms with E-state index in [0.29, 0.717) is 6.04 Å². The average molecular weight is 347 g/mol. The summed E-state index contributed by atoms with van der Waals surface area (Å²) in [6.07, 6.45) is 1.04. The normalized spacial score (nSPS) is 12.2. The van der Waals surface area contributed by atoms with Crippen molar-refractivity contribution in [2.45, 2.75) is 25.9 Å². The molecule has 0 fully saturated rings. The predicted octanol–water partition coefficient (Wildman–Crippen LogP) is 4.24. The summed E-state index contributed by atoms with van der Waals surface area (Å²) in [5.41, 5.74) is 3.92. The Morgan fingerprint density at radius 2 is 1.52 bits per heavy atom. The van der Waals surface area contributed by atoms with Crippen LogP contribution >= 0.6 is 15.9 Å². The maximum atomic E-state index is 3.59. The molecule has 2 rings (SSSR count). The van der Waals surface area contributed by atoms with Gasteiger partial charge in [-0.2, -0.15) is 0 Å². The third kappa shape index (κ3) is 5.18. The molecule has 0 saturated heterocycles. The van der Waals surface area contributed by atoms with Gasteiger partial charge in [0.2, 0.25) is 0 Å². The molecule has 1 N–H and O–H groups in total. The van der Waals surface area contributed by atoms with Crippen LogP contribution < -0.4 is 10.2 Å². The van der Waals surface area contributed by atoms with Gasteiger partial charge in [0, 0.05) is 36.8 Å². The van der Waals surface area contributed by atoms with Crippen LogP contribution in [0.3, 0.4) is 0 Å². The largest absolute Gasteiger partial charge is 0.378 e. The lowest BCUT2D eigenvalue weighted by molar-refractivity contribution is 0.545. The lowest BCUT2D eigenvalue weighted by atomic mass is 10.1. The van der Waals surface area contributed by atoms with Gasteiger partial charge in [0.05, 0.1) is 0 Å². The molecule has 112 valence electrons. The van der Waals surface area contributed by atoms with E-state index in [-0.39, 0.29) is 0 Å². The summed E-state index contributed by atoms with van der Waals surface area (Å²) in [5, 5.41) is 3.59. The van der Waals surface area contributed by atoms with Gasteiger partial charge in [0.25, 0.3) is 0 Å². The molecular formula is C18H23BrN2. The summed E-state index contributed by atoms with van der Waals surface area (Å²) >= 11 is 3.47. The van der Waals surface area contributed by atoms with Crippen molar-refractivity contribution in [2.24, 2.45) is 0 Å². The van der Waals surface area contributed by atoms with E-state index in [0.717, 1.165) is 17.4 Å². The molecule has 0 aromatic heterocycles. The second-order valence-corrected chi connectivity index (χ2v) is 6.59. The number of hydrogen-bond acceptors (Lipinski definition) is 2. The predicted molar refractivity (Wildman–Crippen MR) is 94.9 cm³/mol. The topological polar surface area (TPSA) is 15.3 Å². The van der Waals surface area contributed by atoms with Gasteiger partial charge in [0.15, 0.2) is 0 Å². The lowest BCUT2D eigenvalue weighted by Crippen LogP contribution is -2.27. The zero-order valence-corrected chi connectivity index (χ0v) is 14.5. The molecule has 2 aromatic carbocycles. The summed E-state index contributed by atoms with van der Waals surface area (Å²) in [4.78, 5) is 2.12. The fraction of sp³-hybridized carbons (Fsp3) is 0.333. The molecular weight excluding hydrogens is 324 g/mol. The highest BCUT2D eigenvalue weighted by Crippen LogP contribution is 2.13. The number of halogens is 1. The smallest absolute Gasteiger partial charge is 0.0361 e. The molecule has 3 heteroatoms. The first-order valence-electron chi connectivity index (χ1n) is 7.28. The van der Waals surface area contributed by atoms with Gasteiger partial charge in [-0.15, -0.1) is 0 Å². The molecule has 0 aliphatic rings. The Hall–Kier alpha value is -1.32. The molecule has 0 radical (unpaired) electrons. The summed E-state index contributed by atoms with van der Waals surface area (Å²) < 4.78 is 1.13. The maximum Gasteiger partial charge on any atom is 0.0361 e. The molecule has 0 bridgehead atoms. The van der Waals surface area contributed by atoms with Gasteiger partial charge in [-0.1, -0.05) is 40.2 Å². The quantitative estimate of drug-likeness (QED) is 0.841. The van der Waals surface area contributed by atoms with Crippen LogP contribution in [0.1, 0.15) is 18.1 Å². The number of hydrogen-bond donors (Lipinski definition) is 1. The van der Waals surface area contributed by atoms with E-state index in [9.17, 15) is 0 Å². The van der Waals surface area contributed by atoms with Crippen LogP contribution in [0.4, 0.5) is 5.69 Å². The Bertz CT molecular complexity index is 546. The van der Waals surface area contributed by atoms with Gasteiger partial charge in [-0.25, -0.2) is 0 Å². The van der Waals surface area contributed by atoms with Gasteiger partial charge < -0.3 is 10.2 Å². The van der Waals surface area contributed by atoms with Crippen LogP contribution in [0, 0.1) is 0 Å². The fourth-order valence-corrected chi connectivity index (χ4v) is 2.51. The van der Waals surface area contributed by atoms with Crippen molar-refractivity contribution < 1.29 is 0 Å². The molecule has 21 heavy (non-hydrogen) atoms. The summed E-state index contributed by atoms with van der Waals surface area (Å²) in [6.45, 7) is 3.14. The van der Waals surface area contributed by atoms with Crippen molar-refractivity contribution >= 4 is 21.6 Å². The molecule has 0 heterocycles. The fourth-order valence-electron chi connectivity index (χ4n) is 2.25. The number of nitrogens with zero attached hydrogens (tertiary/aromatic N) is 1. The molecule has 0 spiro atoms. The molecule has 1 atom stereocenters. The highest BCUT2D eigenvalue weighted by molar-refractivity contribution is 9.10. The minimum atomic E-state index is 0.458. The van der Waals surface area contributed by atoms with Gasteiger partial charge in [0.1, 0.15) is 0 Å². The molecule has 2 aromatic rings. The van der Waals surface area contributed by atoms with E-state index in [1.807, 2.05) is 0 Å². The van der Waals surface area contributed by atoms with Crippen LogP contribution in [0.25, 0.3) is 0 Å². The lowest BCUT2D eigenvalue weighted by Gasteiger charge is -2.16. The van der Waals surface area contributed by atoms with Crippen molar-refractivity contribution in [3.05, 3.63) is 64.1 Å². The first kappa shape index (κ1) is 16.1. The summed E-state index contributed by atoms with van der Waals surface area (Å²) in [5.74, 6) is 0. The highest BCUT2D eigenvalue weighted by atomic mass is 79.9. The summed E-state index contributed by atoms with van der Waals surface area (Å²) in [6, 6.07) is 17.7. The Labute approximate surface area is 136 Å². The number of nitrogens with one attached hydrogen (secondary N) is 1. The van der Waals surface area contributed by atoms with Gasteiger partial charge in [-0.3, -0.25) is 0 Å². The Balaban J connectivity index is 1.83. The second kappa shape index (κ2) is 7.62. The molecule has 0 saturated carbocycles. The number of rotatable bonds is 6. The van der Waals surface area contributed by atoms with E-state index in [2.05, 4.69) is 95.7 Å². The first-order valence-corrected chi connectivity index (χ1v) is 8.08. The monoisotopic (exact) mass is 346 g/mol. The van der Waals surface area contributed by atoms with Crippen molar-refractivity contribution in [1.29, 1.82) is 0 Å². The third-order valence-electron chi connectivity index (χ3n) is 3.56. The van der Waals surface area contributed by atoms with Gasteiger partial charge >= 0.3 is 0 Å². The van der Waals surface area contributed by atoms with Crippen molar-refractivity contribution in [3.63, 3.8) is 0 Å². The molecule has 1 unspecified atom stereocenters. The van der Waals surface area contributed by atoms with E-state index in [1.165, 1.54) is 16.8 Å². The third-order valence-corrected chi connectivity index (χ3v) is 4.09. The van der Waals surface area contributed by atoms with Crippen LogP contribution in [-0.2, 0) is 13.0 Å². The van der Waals surface area contributed by atoms with Crippen LogP contribution in [-0.4, -0.2) is 20.1 Å². The number of anilines is 1. The van der Waals surface area contributed by atoms with Gasteiger partial charge in [-0.05, 0) is 48.7 Å². The minimum absolute atomic E-state index is 0.458. The summed E-state index contributed by atoms with van der Waals surface area (Å²) in [7, 11) is 4.13. The number of benzene rings is 2. The van der Waals surface area contributed by atoms with Crippen LogP contribution in [0.2, 0.25) is 0 Å². The van der Waals surface area contributed by atoms with Crippen LogP contribution in [0.15, 0.2) is 53.0 Å². The Kier molecular flexibility index (Phi) is 5.83. The molecule has 0 aliphatic heterocycles. The van der Waals surface area contributed by atoms with E-state index >= 15 is 0 Å². The molecule has 2 nitrogen and oxygen atoms in total. The van der Waals surface area contributed by atoms with Crippen LogP contribution in [0.5, 0.6) is 0 Å². The Morgan fingerprint density at radius 3 is 2.10 bits per heavy atom. The van der Waals surface area contributed by atoms with E-state index < -0.39 is 0 Å². The average Bonchev–Trinajstić information content (AvgIpc) is 2.48. The maximum absolute atomic E-state index is 3.59. The van der Waals surface area contributed by atoms with Crippen molar-refractivity contribution in [3.8, 4) is 0 Å². The SMILES string of the molecule is CC(Cc1ccc(Br)cc1)NCc1ccc(N(C)C)cc1.